The van der Waals surface area contributed by atoms with E-state index in [-0.39, 0.29) is 24.7 Å². The zero-order valence-corrected chi connectivity index (χ0v) is 26.9. The minimum absolute atomic E-state index is 0.119. The van der Waals surface area contributed by atoms with Crippen LogP contribution in [-0.4, -0.2) is 64.0 Å². The molecule has 1 saturated heterocycles. The van der Waals surface area contributed by atoms with Crippen LogP contribution in [0.3, 0.4) is 0 Å². The van der Waals surface area contributed by atoms with Crippen molar-refractivity contribution in [2.24, 2.45) is 5.73 Å². The normalized spacial score (nSPS) is 12.7. The molecular formula is C36H47F3N2O5. The number of nitrogens with zero attached hydrogens (tertiary/aromatic N) is 1. The maximum absolute atomic E-state index is 12.7. The van der Waals surface area contributed by atoms with Crippen LogP contribution in [0, 0.1) is 0 Å². The van der Waals surface area contributed by atoms with E-state index >= 15 is 0 Å². The van der Waals surface area contributed by atoms with Crippen molar-refractivity contribution in [1.29, 1.82) is 0 Å². The van der Waals surface area contributed by atoms with E-state index in [9.17, 15) is 22.8 Å². The fourth-order valence-corrected chi connectivity index (χ4v) is 4.78. The van der Waals surface area contributed by atoms with E-state index < -0.39 is 11.7 Å². The number of methoxy groups -OCH3 is 1. The lowest BCUT2D eigenvalue weighted by molar-refractivity contribution is -0.137. The molecule has 4 rings (SSSR count). The van der Waals surface area contributed by atoms with Gasteiger partial charge < -0.3 is 29.6 Å². The Morgan fingerprint density at radius 3 is 2.09 bits per heavy atom. The standard InChI is InChI=1S/C22H26F3NO2.C13H16O3.CH5N/c23-22(24,25)19-6-3-7-21(17-19)28-16-15-27-20-10-8-18(9-11-20)5-4-14-26-12-1-2-13-26;1-16-12-8-6-11(7-9-12)13(15)5-3-2-4-10-14;1-2/h3,6-11,17H,1-2,4-5,12-16H2;6-10H,2-5H2,1H3;2H2,1H3. The summed E-state index contributed by atoms with van der Waals surface area (Å²) < 4.78 is 54.0. The predicted octanol–water partition coefficient (Wildman–Crippen LogP) is 7.40. The second-order valence-corrected chi connectivity index (χ2v) is 10.6. The van der Waals surface area contributed by atoms with Crippen molar-refractivity contribution in [2.45, 2.75) is 57.5 Å². The van der Waals surface area contributed by atoms with Gasteiger partial charge in [-0.25, -0.2) is 0 Å². The molecule has 46 heavy (non-hydrogen) atoms. The van der Waals surface area contributed by atoms with E-state index in [1.165, 1.54) is 50.7 Å². The van der Waals surface area contributed by atoms with Gasteiger partial charge >= 0.3 is 6.18 Å². The summed E-state index contributed by atoms with van der Waals surface area (Å²) in [5, 5.41) is 0. The van der Waals surface area contributed by atoms with Crippen molar-refractivity contribution < 1.29 is 37.0 Å². The molecule has 0 radical (unpaired) electrons. The van der Waals surface area contributed by atoms with E-state index in [4.69, 9.17) is 14.2 Å². The summed E-state index contributed by atoms with van der Waals surface area (Å²) in [4.78, 5) is 24.3. The molecule has 3 aromatic rings. The number of carbonyl (C=O) groups excluding carboxylic acids is 2. The third kappa shape index (κ3) is 14.9. The quantitative estimate of drug-likeness (QED) is 0.0987. The van der Waals surface area contributed by atoms with Crippen LogP contribution in [0.5, 0.6) is 17.2 Å². The number of benzene rings is 3. The Labute approximate surface area is 270 Å². The molecule has 0 atom stereocenters. The van der Waals surface area contributed by atoms with Crippen molar-refractivity contribution in [3.05, 3.63) is 89.5 Å². The predicted molar refractivity (Wildman–Crippen MR) is 175 cm³/mol. The van der Waals surface area contributed by atoms with Crippen LogP contribution in [0.1, 0.15) is 66.4 Å². The van der Waals surface area contributed by atoms with Gasteiger partial charge in [-0.2, -0.15) is 13.2 Å². The largest absolute Gasteiger partial charge is 0.497 e. The average molecular weight is 645 g/mol. The fourth-order valence-electron chi connectivity index (χ4n) is 4.78. The Morgan fingerprint density at radius 1 is 0.848 bits per heavy atom. The Kier molecular flexibility index (Phi) is 18.1. The average Bonchev–Trinajstić information content (AvgIpc) is 3.60. The number of carbonyl (C=O) groups is 2. The van der Waals surface area contributed by atoms with Crippen LogP contribution in [0.15, 0.2) is 72.8 Å². The van der Waals surface area contributed by atoms with Crippen molar-refractivity contribution >= 4 is 12.1 Å². The number of nitrogens with two attached hydrogens (primary N) is 1. The fraction of sp³-hybridized carbons (Fsp3) is 0.444. The highest BCUT2D eigenvalue weighted by molar-refractivity contribution is 5.96. The number of halogens is 3. The molecule has 0 bridgehead atoms. The number of hydrogen-bond donors (Lipinski definition) is 1. The van der Waals surface area contributed by atoms with Gasteiger partial charge in [0.15, 0.2) is 5.78 Å². The van der Waals surface area contributed by atoms with Crippen LogP contribution in [0.25, 0.3) is 0 Å². The number of aldehydes is 1. The summed E-state index contributed by atoms with van der Waals surface area (Å²) in [6.07, 6.45) is 3.96. The molecule has 1 aliphatic rings. The number of ether oxygens (including phenoxy) is 3. The van der Waals surface area contributed by atoms with Crippen LogP contribution in [0.4, 0.5) is 13.2 Å². The summed E-state index contributed by atoms with van der Waals surface area (Å²) in [6.45, 7) is 4.07. The molecule has 1 fully saturated rings. The third-order valence-corrected chi connectivity index (χ3v) is 7.23. The SMILES string of the molecule is CN.COc1ccc(C(=O)CCCCC=O)cc1.FC(F)(F)c1cccc(OCCOc2ccc(CCCN3CCCC3)cc2)c1. The van der Waals surface area contributed by atoms with Gasteiger partial charge in [0, 0.05) is 18.4 Å². The first-order chi connectivity index (χ1) is 22.3. The number of alkyl halides is 3. The highest BCUT2D eigenvalue weighted by Gasteiger charge is 2.30. The van der Waals surface area contributed by atoms with Crippen molar-refractivity contribution in [1.82, 2.24) is 4.90 Å². The number of aryl methyl sites for hydroxylation is 1. The number of likely N-dealkylation sites (tertiary alicyclic amines) is 1. The molecule has 7 nitrogen and oxygen atoms in total. The maximum atomic E-state index is 12.7. The van der Waals surface area contributed by atoms with Crippen LogP contribution in [-0.2, 0) is 17.4 Å². The first kappa shape index (κ1) is 38.3. The molecule has 1 heterocycles. The Bertz CT molecular complexity index is 1260. The molecule has 3 aromatic carbocycles. The highest BCUT2D eigenvalue weighted by Crippen LogP contribution is 2.31. The molecule has 0 aromatic heterocycles. The van der Waals surface area contributed by atoms with Crippen LogP contribution in [0.2, 0.25) is 0 Å². The molecule has 2 N–H and O–H groups in total. The van der Waals surface area contributed by atoms with Crippen molar-refractivity contribution in [3.63, 3.8) is 0 Å². The summed E-state index contributed by atoms with van der Waals surface area (Å²) in [5.74, 6) is 1.79. The van der Waals surface area contributed by atoms with Gasteiger partial charge in [0.25, 0.3) is 0 Å². The molecule has 252 valence electrons. The van der Waals surface area contributed by atoms with E-state index in [2.05, 4.69) is 22.8 Å². The number of rotatable bonds is 16. The molecule has 10 heteroatoms. The van der Waals surface area contributed by atoms with E-state index in [1.807, 2.05) is 12.1 Å². The first-order valence-electron chi connectivity index (χ1n) is 15.7. The van der Waals surface area contributed by atoms with Gasteiger partial charge in [-0.05, 0) is 125 Å². The maximum Gasteiger partial charge on any atom is 0.416 e. The Morgan fingerprint density at radius 2 is 1.48 bits per heavy atom. The molecule has 0 saturated carbocycles. The van der Waals surface area contributed by atoms with E-state index in [0.717, 1.165) is 62.1 Å². The minimum Gasteiger partial charge on any atom is -0.497 e. The van der Waals surface area contributed by atoms with Crippen molar-refractivity contribution in [2.75, 3.05) is 47.0 Å². The zero-order chi connectivity index (χ0) is 33.6. The lowest BCUT2D eigenvalue weighted by atomic mass is 10.0. The highest BCUT2D eigenvalue weighted by atomic mass is 19.4. The number of ketones is 1. The zero-order valence-electron chi connectivity index (χ0n) is 26.9. The van der Waals surface area contributed by atoms with Crippen molar-refractivity contribution in [3.8, 4) is 17.2 Å². The van der Waals surface area contributed by atoms with Gasteiger partial charge in [0.1, 0.15) is 36.7 Å². The molecule has 0 aliphatic carbocycles. The minimum atomic E-state index is -4.37. The second-order valence-electron chi connectivity index (χ2n) is 10.6. The third-order valence-electron chi connectivity index (χ3n) is 7.23. The molecule has 0 amide bonds. The number of unbranched alkanes of at least 4 members (excludes halogenated alkanes) is 2. The Hall–Kier alpha value is -3.89. The Balaban J connectivity index is 0.000000348. The smallest absolute Gasteiger partial charge is 0.416 e. The monoisotopic (exact) mass is 644 g/mol. The lowest BCUT2D eigenvalue weighted by Crippen LogP contribution is -2.20. The van der Waals surface area contributed by atoms with Gasteiger partial charge in [0.05, 0.1) is 12.7 Å². The molecule has 0 spiro atoms. The molecule has 0 unspecified atom stereocenters. The lowest BCUT2D eigenvalue weighted by Gasteiger charge is -2.14. The summed E-state index contributed by atoms with van der Waals surface area (Å²) >= 11 is 0. The number of hydrogen-bond acceptors (Lipinski definition) is 7. The van der Waals surface area contributed by atoms with E-state index in [0.29, 0.717) is 18.4 Å². The summed E-state index contributed by atoms with van der Waals surface area (Å²) in [5.41, 5.74) is 5.77. The first-order valence-corrected chi connectivity index (χ1v) is 15.7. The summed E-state index contributed by atoms with van der Waals surface area (Å²) in [6, 6.07) is 19.9. The topological polar surface area (TPSA) is 91.1 Å². The van der Waals surface area contributed by atoms with Gasteiger partial charge in [-0.15, -0.1) is 0 Å². The molecular weight excluding hydrogens is 597 g/mol. The molecule has 1 aliphatic heterocycles. The number of Topliss-reactive ketones (excluding diaryl/α,β-unsaturated/α-hetero) is 1. The second kappa shape index (κ2) is 21.8. The van der Waals surface area contributed by atoms with Crippen LogP contribution < -0.4 is 19.9 Å². The van der Waals surface area contributed by atoms with Gasteiger partial charge in [-0.1, -0.05) is 18.2 Å². The van der Waals surface area contributed by atoms with Gasteiger partial charge in [0.2, 0.25) is 0 Å². The summed E-state index contributed by atoms with van der Waals surface area (Å²) in [7, 11) is 3.09. The van der Waals surface area contributed by atoms with Crippen LogP contribution >= 0.6 is 0 Å². The van der Waals surface area contributed by atoms with Gasteiger partial charge in [-0.3, -0.25) is 4.79 Å². The van der Waals surface area contributed by atoms with E-state index in [1.54, 1.807) is 31.4 Å².